The SMILES string of the molecule is Cc1ccccc1-c1cc(=O)c2cc(NC(=O)Cc3ccccc3)ccc2o1. The van der Waals surface area contributed by atoms with Gasteiger partial charge in [0.05, 0.1) is 11.8 Å². The molecule has 0 saturated carbocycles. The lowest BCUT2D eigenvalue weighted by atomic mass is 10.1. The highest BCUT2D eigenvalue weighted by molar-refractivity contribution is 5.94. The first kappa shape index (κ1) is 17.7. The van der Waals surface area contributed by atoms with E-state index in [1.807, 2.05) is 61.5 Å². The predicted molar refractivity (Wildman–Crippen MR) is 111 cm³/mol. The molecule has 0 aliphatic rings. The molecule has 0 atom stereocenters. The van der Waals surface area contributed by atoms with Crippen LogP contribution in [0.3, 0.4) is 0 Å². The third kappa shape index (κ3) is 3.71. The highest BCUT2D eigenvalue weighted by Gasteiger charge is 2.11. The molecule has 0 unspecified atom stereocenters. The van der Waals surface area contributed by atoms with Gasteiger partial charge in [-0.05, 0) is 36.2 Å². The van der Waals surface area contributed by atoms with E-state index >= 15 is 0 Å². The standard InChI is InChI=1S/C24H19NO3/c1-16-7-5-6-10-19(16)23-15-21(26)20-14-18(11-12-22(20)28-23)25-24(27)13-17-8-3-2-4-9-17/h2-12,14-15H,13H2,1H3,(H,25,27). The summed E-state index contributed by atoms with van der Waals surface area (Å²) >= 11 is 0. The lowest BCUT2D eigenvalue weighted by molar-refractivity contribution is -0.115. The van der Waals surface area contributed by atoms with Gasteiger partial charge in [-0.2, -0.15) is 0 Å². The van der Waals surface area contributed by atoms with Gasteiger partial charge in [0.25, 0.3) is 0 Å². The van der Waals surface area contributed by atoms with Crippen LogP contribution in [0.1, 0.15) is 11.1 Å². The summed E-state index contributed by atoms with van der Waals surface area (Å²) < 4.78 is 5.95. The fourth-order valence-corrected chi connectivity index (χ4v) is 3.20. The minimum atomic E-state index is -0.140. The molecule has 4 rings (SSSR count). The molecular formula is C24H19NO3. The highest BCUT2D eigenvalue weighted by Crippen LogP contribution is 2.26. The Morgan fingerprint density at radius 3 is 2.46 bits per heavy atom. The lowest BCUT2D eigenvalue weighted by Crippen LogP contribution is -2.14. The Hall–Kier alpha value is -3.66. The molecule has 0 aliphatic carbocycles. The van der Waals surface area contributed by atoms with Gasteiger partial charge in [0.15, 0.2) is 5.43 Å². The van der Waals surface area contributed by atoms with E-state index in [0.29, 0.717) is 22.4 Å². The van der Waals surface area contributed by atoms with Crippen molar-refractivity contribution in [2.75, 3.05) is 5.32 Å². The van der Waals surface area contributed by atoms with E-state index in [4.69, 9.17) is 4.42 Å². The van der Waals surface area contributed by atoms with Crippen LogP contribution in [-0.4, -0.2) is 5.91 Å². The Balaban J connectivity index is 1.62. The second-order valence-corrected chi connectivity index (χ2v) is 6.71. The normalized spacial score (nSPS) is 10.8. The second-order valence-electron chi connectivity index (χ2n) is 6.71. The number of carbonyl (C=O) groups excluding carboxylic acids is 1. The summed E-state index contributed by atoms with van der Waals surface area (Å²) in [5.74, 6) is 0.405. The first-order chi connectivity index (χ1) is 13.6. The fraction of sp³-hybridized carbons (Fsp3) is 0.0833. The van der Waals surface area contributed by atoms with Crippen molar-refractivity contribution in [1.29, 1.82) is 0 Å². The number of fused-ring (bicyclic) bond motifs is 1. The van der Waals surface area contributed by atoms with Gasteiger partial charge >= 0.3 is 0 Å². The Kier molecular flexibility index (Phi) is 4.77. The highest BCUT2D eigenvalue weighted by atomic mass is 16.3. The molecule has 1 amide bonds. The summed E-state index contributed by atoms with van der Waals surface area (Å²) in [5, 5.41) is 3.29. The van der Waals surface area contributed by atoms with Crippen LogP contribution in [0, 0.1) is 6.92 Å². The van der Waals surface area contributed by atoms with Crippen molar-refractivity contribution >= 4 is 22.6 Å². The maximum Gasteiger partial charge on any atom is 0.228 e. The minimum Gasteiger partial charge on any atom is -0.456 e. The van der Waals surface area contributed by atoms with Gasteiger partial charge in [-0.3, -0.25) is 9.59 Å². The number of anilines is 1. The molecule has 4 nitrogen and oxygen atoms in total. The first-order valence-electron chi connectivity index (χ1n) is 9.08. The molecular weight excluding hydrogens is 350 g/mol. The number of amides is 1. The largest absolute Gasteiger partial charge is 0.456 e. The van der Waals surface area contributed by atoms with E-state index in [9.17, 15) is 9.59 Å². The minimum absolute atomic E-state index is 0.133. The third-order valence-electron chi connectivity index (χ3n) is 4.63. The van der Waals surface area contributed by atoms with Gasteiger partial charge in [0.2, 0.25) is 5.91 Å². The number of benzene rings is 3. The second kappa shape index (κ2) is 7.53. The molecule has 1 aromatic heterocycles. The summed E-state index contributed by atoms with van der Waals surface area (Å²) in [6.45, 7) is 1.98. The van der Waals surface area contributed by atoms with Crippen LogP contribution in [0.15, 0.2) is 88.1 Å². The quantitative estimate of drug-likeness (QED) is 0.554. The van der Waals surface area contributed by atoms with E-state index in [1.54, 1.807) is 18.2 Å². The average Bonchev–Trinajstić information content (AvgIpc) is 2.69. The summed E-state index contributed by atoms with van der Waals surface area (Å²) in [6.07, 6.45) is 0.277. The smallest absolute Gasteiger partial charge is 0.228 e. The first-order valence-corrected chi connectivity index (χ1v) is 9.08. The summed E-state index contributed by atoms with van der Waals surface area (Å²) in [7, 11) is 0. The predicted octanol–water partition coefficient (Wildman–Crippen LogP) is 4.95. The van der Waals surface area contributed by atoms with Gasteiger partial charge in [0, 0.05) is 17.3 Å². The van der Waals surface area contributed by atoms with Crippen molar-refractivity contribution in [3.05, 3.63) is 100 Å². The van der Waals surface area contributed by atoms with Crippen LogP contribution in [0.2, 0.25) is 0 Å². The van der Waals surface area contributed by atoms with Gasteiger partial charge in [-0.25, -0.2) is 0 Å². The topological polar surface area (TPSA) is 59.3 Å². The van der Waals surface area contributed by atoms with Crippen molar-refractivity contribution in [1.82, 2.24) is 0 Å². The van der Waals surface area contributed by atoms with Crippen molar-refractivity contribution in [3.63, 3.8) is 0 Å². The lowest BCUT2D eigenvalue weighted by Gasteiger charge is -2.08. The van der Waals surface area contributed by atoms with Gasteiger partial charge < -0.3 is 9.73 Å². The Morgan fingerprint density at radius 2 is 1.68 bits per heavy atom. The van der Waals surface area contributed by atoms with Crippen LogP contribution < -0.4 is 10.7 Å². The Bertz CT molecular complexity index is 1210. The van der Waals surface area contributed by atoms with Crippen molar-refractivity contribution in [3.8, 4) is 11.3 Å². The molecule has 1 N–H and O–H groups in total. The van der Waals surface area contributed by atoms with Crippen LogP contribution in [0.4, 0.5) is 5.69 Å². The molecule has 1 heterocycles. The van der Waals surface area contributed by atoms with Gasteiger partial charge in [-0.15, -0.1) is 0 Å². The zero-order chi connectivity index (χ0) is 19.5. The van der Waals surface area contributed by atoms with Crippen LogP contribution in [0.25, 0.3) is 22.3 Å². The zero-order valence-electron chi connectivity index (χ0n) is 15.4. The number of carbonyl (C=O) groups is 1. The maximum absolute atomic E-state index is 12.6. The number of aryl methyl sites for hydroxylation is 1. The molecule has 0 spiro atoms. The van der Waals surface area contributed by atoms with Crippen molar-refractivity contribution < 1.29 is 9.21 Å². The zero-order valence-corrected chi connectivity index (χ0v) is 15.4. The third-order valence-corrected chi connectivity index (χ3v) is 4.63. The summed E-state index contributed by atoms with van der Waals surface area (Å²) in [5.41, 5.74) is 3.79. The van der Waals surface area contributed by atoms with Crippen LogP contribution in [0.5, 0.6) is 0 Å². The maximum atomic E-state index is 12.6. The summed E-state index contributed by atoms with van der Waals surface area (Å²) in [6, 6.07) is 23.9. The number of rotatable bonds is 4. The van der Waals surface area contributed by atoms with Crippen LogP contribution >= 0.6 is 0 Å². The molecule has 0 fully saturated rings. The molecule has 0 saturated heterocycles. The van der Waals surface area contributed by atoms with E-state index in [1.165, 1.54) is 6.07 Å². The fourth-order valence-electron chi connectivity index (χ4n) is 3.20. The molecule has 0 radical (unpaired) electrons. The summed E-state index contributed by atoms with van der Waals surface area (Å²) in [4.78, 5) is 24.9. The van der Waals surface area contributed by atoms with E-state index in [2.05, 4.69) is 5.32 Å². The van der Waals surface area contributed by atoms with Crippen molar-refractivity contribution in [2.45, 2.75) is 13.3 Å². The van der Waals surface area contributed by atoms with Gasteiger partial charge in [0.1, 0.15) is 11.3 Å². The number of nitrogens with one attached hydrogen (secondary N) is 1. The molecule has 0 bridgehead atoms. The molecule has 3 aromatic carbocycles. The average molecular weight is 369 g/mol. The molecule has 4 aromatic rings. The molecule has 0 aliphatic heterocycles. The number of hydrogen-bond donors (Lipinski definition) is 1. The number of hydrogen-bond acceptors (Lipinski definition) is 3. The van der Waals surface area contributed by atoms with E-state index in [-0.39, 0.29) is 17.8 Å². The molecule has 28 heavy (non-hydrogen) atoms. The van der Waals surface area contributed by atoms with Crippen molar-refractivity contribution in [2.24, 2.45) is 0 Å². The van der Waals surface area contributed by atoms with E-state index < -0.39 is 0 Å². The van der Waals surface area contributed by atoms with Crippen LogP contribution in [-0.2, 0) is 11.2 Å². The molecule has 4 heteroatoms. The monoisotopic (exact) mass is 369 g/mol. The molecule has 138 valence electrons. The Morgan fingerprint density at radius 1 is 0.929 bits per heavy atom. The van der Waals surface area contributed by atoms with E-state index in [0.717, 1.165) is 16.7 Å². The Labute approximate surface area is 162 Å². The van der Waals surface area contributed by atoms with Gasteiger partial charge in [-0.1, -0.05) is 54.6 Å².